The molecule has 3 nitrogen and oxygen atoms in total. The van der Waals surface area contributed by atoms with Crippen molar-refractivity contribution in [1.82, 2.24) is 0 Å². The molecule has 0 radical (unpaired) electrons. The van der Waals surface area contributed by atoms with Gasteiger partial charge in [0.2, 0.25) is 5.90 Å². The van der Waals surface area contributed by atoms with Gasteiger partial charge in [-0.1, -0.05) is 6.08 Å². The van der Waals surface area contributed by atoms with Crippen LogP contribution in [0, 0.1) is 0 Å². The second kappa shape index (κ2) is 4.99. The quantitative estimate of drug-likeness (QED) is 0.335. The molecule has 0 aromatic rings. The molecule has 0 aromatic carbocycles. The molecule has 0 aromatic heterocycles. The molecule has 0 unspecified atom stereocenters. The van der Waals surface area contributed by atoms with Gasteiger partial charge >= 0.3 is 5.43 Å². The zero-order valence-electron chi connectivity index (χ0n) is 5.80. The zero-order valence-corrected chi connectivity index (χ0v) is 6.55. The first-order valence-corrected chi connectivity index (χ1v) is 3.05. The van der Waals surface area contributed by atoms with E-state index in [2.05, 4.69) is 9.73 Å². The summed E-state index contributed by atoms with van der Waals surface area (Å²) in [5.74, 6) is 0.211. The van der Waals surface area contributed by atoms with Crippen LogP contribution < -0.4 is 0 Å². The topological polar surface area (TPSA) is 38.7 Å². The van der Waals surface area contributed by atoms with Crippen LogP contribution in [-0.4, -0.2) is 18.4 Å². The summed E-state index contributed by atoms with van der Waals surface area (Å²) in [6, 6.07) is 0. The van der Waals surface area contributed by atoms with Gasteiger partial charge in [-0.05, 0) is 13.0 Å². The van der Waals surface area contributed by atoms with Gasteiger partial charge in [-0.3, -0.25) is 4.99 Å². The highest BCUT2D eigenvalue weighted by Gasteiger charge is 1.98. The van der Waals surface area contributed by atoms with Crippen LogP contribution in [0.5, 0.6) is 0 Å². The Bertz CT molecular complexity index is 175. The Morgan fingerprint density at radius 2 is 2.30 bits per heavy atom. The van der Waals surface area contributed by atoms with E-state index in [4.69, 9.17) is 11.6 Å². The fourth-order valence-electron chi connectivity index (χ4n) is 0.379. The van der Waals surface area contributed by atoms with Gasteiger partial charge in [0, 0.05) is 18.6 Å². The first-order valence-electron chi connectivity index (χ1n) is 2.67. The van der Waals surface area contributed by atoms with E-state index in [0.717, 1.165) is 0 Å². The monoisotopic (exact) mass is 161 g/mol. The fourth-order valence-corrected chi connectivity index (χ4v) is 0.458. The molecule has 10 heavy (non-hydrogen) atoms. The lowest BCUT2D eigenvalue weighted by atomic mass is 10.5. The smallest absolute Gasteiger partial charge is 0.396 e. The molecule has 0 saturated carbocycles. The van der Waals surface area contributed by atoms with Crippen LogP contribution >= 0.6 is 11.6 Å². The molecule has 0 spiro atoms. The van der Waals surface area contributed by atoms with Crippen LogP contribution in [0.1, 0.15) is 6.92 Å². The average Bonchev–Trinajstić information content (AvgIpc) is 1.86. The van der Waals surface area contributed by atoms with Crippen molar-refractivity contribution in [3.8, 4) is 0 Å². The number of ether oxygens (including phenoxy) is 1. The molecule has 4 heteroatoms. The van der Waals surface area contributed by atoms with E-state index in [0.29, 0.717) is 0 Å². The van der Waals surface area contributed by atoms with Gasteiger partial charge in [0.05, 0.1) is 0 Å². The van der Waals surface area contributed by atoms with Crippen molar-refractivity contribution in [2.75, 3.05) is 7.05 Å². The second-order valence-corrected chi connectivity index (χ2v) is 1.71. The third kappa shape index (κ3) is 4.09. The van der Waals surface area contributed by atoms with Crippen molar-refractivity contribution in [1.29, 1.82) is 0 Å². The second-order valence-electron chi connectivity index (χ2n) is 1.40. The van der Waals surface area contributed by atoms with Crippen molar-refractivity contribution < 1.29 is 9.53 Å². The van der Waals surface area contributed by atoms with Crippen LogP contribution in [-0.2, 0) is 4.74 Å². The lowest BCUT2D eigenvalue weighted by Crippen LogP contribution is -2.02. The van der Waals surface area contributed by atoms with Gasteiger partial charge in [-0.2, -0.15) is 0 Å². The highest BCUT2D eigenvalue weighted by atomic mass is 35.5. The normalized spacial score (nSPS) is 12.1. The van der Waals surface area contributed by atoms with E-state index in [-0.39, 0.29) is 5.90 Å². The van der Waals surface area contributed by atoms with E-state index in [1.165, 1.54) is 7.05 Å². The van der Waals surface area contributed by atoms with Crippen molar-refractivity contribution in [3.05, 3.63) is 12.2 Å². The summed E-state index contributed by atoms with van der Waals surface area (Å²) in [6.45, 7) is 1.78. The van der Waals surface area contributed by atoms with Gasteiger partial charge in [-0.25, -0.2) is 4.79 Å². The molecule has 0 N–H and O–H groups in total. The molecule has 0 saturated heterocycles. The Kier molecular flexibility index (Phi) is 4.58. The molecule has 0 bridgehead atoms. The summed E-state index contributed by atoms with van der Waals surface area (Å²) >= 11 is 4.91. The first-order chi connectivity index (χ1) is 4.70. The molecule has 0 aliphatic heterocycles. The molecule has 0 rings (SSSR count). The Morgan fingerprint density at radius 3 is 2.60 bits per heavy atom. The Labute approximate surface area is 64.3 Å². The third-order valence-electron chi connectivity index (χ3n) is 0.714. The van der Waals surface area contributed by atoms with Crippen molar-refractivity contribution in [3.63, 3.8) is 0 Å². The average molecular weight is 162 g/mol. The maximum absolute atomic E-state index is 10.1. The van der Waals surface area contributed by atoms with Crippen LogP contribution in [0.2, 0.25) is 0 Å². The molecular formula is C6H8ClNO2. The molecule has 0 fully saturated rings. The van der Waals surface area contributed by atoms with E-state index in [1.807, 2.05) is 0 Å². The molecular weight excluding hydrogens is 154 g/mol. The van der Waals surface area contributed by atoms with E-state index in [1.54, 1.807) is 19.1 Å². The van der Waals surface area contributed by atoms with Gasteiger partial charge in [0.15, 0.2) is 0 Å². The minimum absolute atomic E-state index is 0.211. The number of rotatable bonds is 1. The van der Waals surface area contributed by atoms with Gasteiger partial charge in [0.1, 0.15) is 0 Å². The fraction of sp³-hybridized carbons (Fsp3) is 0.333. The predicted molar refractivity (Wildman–Crippen MR) is 40.5 cm³/mol. The highest BCUT2D eigenvalue weighted by Crippen LogP contribution is 1.91. The molecule has 0 aliphatic rings. The number of hydrogen-bond acceptors (Lipinski definition) is 3. The number of carbonyl (C=O) groups is 1. The van der Waals surface area contributed by atoms with Crippen molar-refractivity contribution in [2.45, 2.75) is 6.92 Å². The summed E-state index contributed by atoms with van der Waals surface area (Å²) < 4.78 is 4.43. The maximum atomic E-state index is 10.1. The summed E-state index contributed by atoms with van der Waals surface area (Å²) in [7, 11) is 1.51. The summed E-state index contributed by atoms with van der Waals surface area (Å²) in [6.07, 6.45) is 3.24. The Hall–Kier alpha value is -0.830. The number of aliphatic imine (C=N–C) groups is 1. The summed E-state index contributed by atoms with van der Waals surface area (Å²) in [4.78, 5) is 13.7. The number of hydrogen-bond donors (Lipinski definition) is 0. The third-order valence-corrected chi connectivity index (χ3v) is 0.792. The molecule has 0 atom stereocenters. The van der Waals surface area contributed by atoms with Crippen LogP contribution in [0.15, 0.2) is 17.1 Å². The molecule has 0 heterocycles. The van der Waals surface area contributed by atoms with E-state index in [9.17, 15) is 4.79 Å². The number of carbonyl (C=O) groups excluding carboxylic acids is 1. The molecule has 0 amide bonds. The van der Waals surface area contributed by atoms with Gasteiger partial charge in [0.25, 0.3) is 0 Å². The van der Waals surface area contributed by atoms with Crippen LogP contribution in [0.4, 0.5) is 4.79 Å². The summed E-state index contributed by atoms with van der Waals surface area (Å²) in [5.41, 5.74) is -0.876. The predicted octanol–water partition coefficient (Wildman–Crippen LogP) is 1.97. The number of nitrogens with zero attached hydrogens (tertiary/aromatic N) is 1. The highest BCUT2D eigenvalue weighted by molar-refractivity contribution is 6.62. The summed E-state index contributed by atoms with van der Waals surface area (Å²) in [5, 5.41) is 0. The first kappa shape index (κ1) is 9.17. The SMILES string of the molecule is C/C=C\C(=NC)OC(=O)Cl. The lowest BCUT2D eigenvalue weighted by Gasteiger charge is -1.94. The largest absolute Gasteiger partial charge is 0.410 e. The Balaban J connectivity index is 3.98. The number of halogens is 1. The van der Waals surface area contributed by atoms with Crippen molar-refractivity contribution >= 4 is 22.9 Å². The maximum Gasteiger partial charge on any atom is 0.410 e. The van der Waals surface area contributed by atoms with Crippen molar-refractivity contribution in [2.24, 2.45) is 4.99 Å². The van der Waals surface area contributed by atoms with E-state index >= 15 is 0 Å². The lowest BCUT2D eigenvalue weighted by molar-refractivity contribution is 0.223. The van der Waals surface area contributed by atoms with Crippen LogP contribution in [0.25, 0.3) is 0 Å². The van der Waals surface area contributed by atoms with Crippen LogP contribution in [0.3, 0.4) is 0 Å². The zero-order chi connectivity index (χ0) is 7.98. The minimum atomic E-state index is -0.876. The van der Waals surface area contributed by atoms with E-state index < -0.39 is 5.43 Å². The minimum Gasteiger partial charge on any atom is -0.396 e. The standard InChI is InChI=1S/C6H8ClNO2/c1-3-4-5(8-2)10-6(7)9/h3-4H,1-2H3/b4-3-,8-5?. The molecule has 56 valence electrons. The van der Waals surface area contributed by atoms with Gasteiger partial charge < -0.3 is 4.74 Å². The number of allylic oxidation sites excluding steroid dienone is 1. The molecule has 0 aliphatic carbocycles. The Morgan fingerprint density at radius 1 is 1.70 bits per heavy atom. The van der Waals surface area contributed by atoms with Gasteiger partial charge in [-0.15, -0.1) is 0 Å².